The molecule has 1 aliphatic heterocycles. The summed E-state index contributed by atoms with van der Waals surface area (Å²) in [7, 11) is 0. The average Bonchev–Trinajstić information content (AvgIpc) is 2.74. The molecule has 3 heteroatoms. The van der Waals surface area contributed by atoms with Gasteiger partial charge in [-0.1, -0.05) is 12.1 Å². The van der Waals surface area contributed by atoms with E-state index in [0.717, 1.165) is 37.2 Å². The fraction of sp³-hybridized carbons (Fsp3) is 0.385. The van der Waals surface area contributed by atoms with Crippen molar-refractivity contribution in [2.75, 3.05) is 13.1 Å². The van der Waals surface area contributed by atoms with Crippen molar-refractivity contribution >= 4 is 10.9 Å². The molecule has 2 aromatic rings. The Morgan fingerprint density at radius 1 is 1.12 bits per heavy atom. The molecule has 1 saturated heterocycles. The number of benzene rings is 1. The van der Waals surface area contributed by atoms with Gasteiger partial charge in [-0.05, 0) is 38.1 Å². The number of para-hydroxylation sites is 1. The van der Waals surface area contributed by atoms with E-state index in [1.807, 2.05) is 18.3 Å². The third-order valence-corrected chi connectivity index (χ3v) is 3.13. The summed E-state index contributed by atoms with van der Waals surface area (Å²) < 4.78 is 6.04. The van der Waals surface area contributed by atoms with Crippen molar-refractivity contribution in [1.82, 2.24) is 10.3 Å². The number of hydrogen-bond acceptors (Lipinski definition) is 2. The van der Waals surface area contributed by atoms with Crippen molar-refractivity contribution in [3.05, 3.63) is 30.5 Å². The van der Waals surface area contributed by atoms with Crippen LogP contribution >= 0.6 is 0 Å². The SMILES string of the molecule is c1ccc2c(OC3CCNCC3)c[nH]c2c1. The maximum Gasteiger partial charge on any atom is 0.144 e. The molecule has 2 heterocycles. The van der Waals surface area contributed by atoms with Crippen LogP contribution in [0.2, 0.25) is 0 Å². The third-order valence-electron chi connectivity index (χ3n) is 3.13. The Hall–Kier alpha value is -1.48. The highest BCUT2D eigenvalue weighted by molar-refractivity contribution is 5.85. The molecule has 0 aliphatic carbocycles. The number of aromatic amines is 1. The molecule has 1 fully saturated rings. The Bertz CT molecular complexity index is 471. The summed E-state index contributed by atoms with van der Waals surface area (Å²) in [5, 5.41) is 4.53. The molecule has 3 nitrogen and oxygen atoms in total. The van der Waals surface area contributed by atoms with Crippen molar-refractivity contribution in [2.24, 2.45) is 0 Å². The first kappa shape index (κ1) is 9.73. The van der Waals surface area contributed by atoms with Gasteiger partial charge in [0.2, 0.25) is 0 Å². The van der Waals surface area contributed by atoms with Gasteiger partial charge >= 0.3 is 0 Å². The zero-order valence-corrected chi connectivity index (χ0v) is 9.20. The first-order chi connectivity index (χ1) is 7.93. The monoisotopic (exact) mass is 216 g/mol. The lowest BCUT2D eigenvalue weighted by Gasteiger charge is -2.23. The van der Waals surface area contributed by atoms with Crippen LogP contribution < -0.4 is 10.1 Å². The van der Waals surface area contributed by atoms with Crippen LogP contribution in [-0.4, -0.2) is 24.2 Å². The van der Waals surface area contributed by atoms with E-state index in [0.29, 0.717) is 6.10 Å². The molecule has 84 valence electrons. The van der Waals surface area contributed by atoms with Gasteiger partial charge < -0.3 is 15.0 Å². The van der Waals surface area contributed by atoms with Gasteiger partial charge in [-0.2, -0.15) is 0 Å². The molecular weight excluding hydrogens is 200 g/mol. The summed E-state index contributed by atoms with van der Waals surface area (Å²) >= 11 is 0. The molecule has 1 aromatic heterocycles. The Morgan fingerprint density at radius 2 is 1.94 bits per heavy atom. The minimum Gasteiger partial charge on any atom is -0.488 e. The first-order valence-corrected chi connectivity index (χ1v) is 5.87. The highest BCUT2D eigenvalue weighted by atomic mass is 16.5. The summed E-state index contributed by atoms with van der Waals surface area (Å²) in [5.74, 6) is 0.988. The van der Waals surface area contributed by atoms with Gasteiger partial charge in [0, 0.05) is 17.1 Å². The number of H-pyrrole nitrogens is 1. The second-order valence-electron chi connectivity index (χ2n) is 4.27. The number of piperidine rings is 1. The first-order valence-electron chi connectivity index (χ1n) is 5.87. The van der Waals surface area contributed by atoms with Crippen LogP contribution in [0.3, 0.4) is 0 Å². The predicted molar refractivity (Wildman–Crippen MR) is 64.8 cm³/mol. The minimum atomic E-state index is 0.362. The van der Waals surface area contributed by atoms with Crippen LogP contribution in [0.15, 0.2) is 30.5 Å². The van der Waals surface area contributed by atoms with Crippen molar-refractivity contribution in [3.8, 4) is 5.75 Å². The van der Waals surface area contributed by atoms with Crippen molar-refractivity contribution in [3.63, 3.8) is 0 Å². The van der Waals surface area contributed by atoms with Crippen molar-refractivity contribution in [1.29, 1.82) is 0 Å². The van der Waals surface area contributed by atoms with E-state index >= 15 is 0 Å². The van der Waals surface area contributed by atoms with Gasteiger partial charge in [0.25, 0.3) is 0 Å². The quantitative estimate of drug-likeness (QED) is 0.808. The summed E-state index contributed by atoms with van der Waals surface area (Å²) in [5.41, 5.74) is 1.14. The van der Waals surface area contributed by atoms with E-state index in [1.54, 1.807) is 0 Å². The lowest BCUT2D eigenvalue weighted by Crippen LogP contribution is -2.34. The Labute approximate surface area is 94.8 Å². The normalized spacial score (nSPS) is 17.8. The maximum absolute atomic E-state index is 6.04. The summed E-state index contributed by atoms with van der Waals surface area (Å²) in [4.78, 5) is 3.24. The molecule has 0 radical (unpaired) electrons. The minimum absolute atomic E-state index is 0.362. The van der Waals surface area contributed by atoms with E-state index in [9.17, 15) is 0 Å². The topological polar surface area (TPSA) is 37.0 Å². The van der Waals surface area contributed by atoms with Crippen LogP contribution in [0, 0.1) is 0 Å². The fourth-order valence-corrected chi connectivity index (χ4v) is 2.24. The van der Waals surface area contributed by atoms with Gasteiger partial charge in [-0.15, -0.1) is 0 Å². The molecule has 0 bridgehead atoms. The van der Waals surface area contributed by atoms with Gasteiger partial charge in [0.1, 0.15) is 11.9 Å². The molecule has 1 aliphatic rings. The van der Waals surface area contributed by atoms with E-state index in [-0.39, 0.29) is 0 Å². The number of ether oxygens (including phenoxy) is 1. The number of aromatic nitrogens is 1. The molecule has 0 amide bonds. The van der Waals surface area contributed by atoms with E-state index in [2.05, 4.69) is 22.4 Å². The molecule has 16 heavy (non-hydrogen) atoms. The molecule has 3 rings (SSSR count). The highest BCUT2D eigenvalue weighted by Crippen LogP contribution is 2.27. The largest absolute Gasteiger partial charge is 0.488 e. The standard InChI is InChI=1S/C13H16N2O/c1-2-4-12-11(3-1)13(9-15-12)16-10-5-7-14-8-6-10/h1-4,9-10,14-15H,5-8H2. The maximum atomic E-state index is 6.04. The third kappa shape index (κ3) is 1.78. The second-order valence-corrected chi connectivity index (χ2v) is 4.27. The molecule has 0 unspecified atom stereocenters. The zero-order chi connectivity index (χ0) is 10.8. The van der Waals surface area contributed by atoms with Crippen LogP contribution in [-0.2, 0) is 0 Å². The molecular formula is C13H16N2O. The van der Waals surface area contributed by atoms with E-state index in [4.69, 9.17) is 4.74 Å². The Kier molecular flexibility index (Phi) is 2.54. The molecule has 2 N–H and O–H groups in total. The van der Waals surface area contributed by atoms with Crippen LogP contribution in [0.4, 0.5) is 0 Å². The average molecular weight is 216 g/mol. The molecule has 1 aromatic carbocycles. The van der Waals surface area contributed by atoms with E-state index in [1.165, 1.54) is 5.39 Å². The molecule has 0 spiro atoms. The smallest absolute Gasteiger partial charge is 0.144 e. The summed E-state index contributed by atoms with van der Waals surface area (Å²) in [6, 6.07) is 8.26. The number of rotatable bonds is 2. The zero-order valence-electron chi connectivity index (χ0n) is 9.20. The van der Waals surface area contributed by atoms with Gasteiger partial charge in [0.05, 0.1) is 0 Å². The molecule has 0 atom stereocenters. The number of nitrogens with one attached hydrogen (secondary N) is 2. The lowest BCUT2D eigenvalue weighted by molar-refractivity contribution is 0.164. The predicted octanol–water partition coefficient (Wildman–Crippen LogP) is 2.30. The van der Waals surface area contributed by atoms with Gasteiger partial charge in [-0.25, -0.2) is 0 Å². The number of hydrogen-bond donors (Lipinski definition) is 2. The molecule has 0 saturated carbocycles. The highest BCUT2D eigenvalue weighted by Gasteiger charge is 2.15. The van der Waals surface area contributed by atoms with Crippen LogP contribution in [0.5, 0.6) is 5.75 Å². The van der Waals surface area contributed by atoms with Crippen molar-refractivity contribution < 1.29 is 4.74 Å². The lowest BCUT2D eigenvalue weighted by atomic mass is 10.1. The number of fused-ring (bicyclic) bond motifs is 1. The fourth-order valence-electron chi connectivity index (χ4n) is 2.24. The second kappa shape index (κ2) is 4.18. The van der Waals surface area contributed by atoms with Gasteiger partial charge in [0.15, 0.2) is 0 Å². The van der Waals surface area contributed by atoms with Gasteiger partial charge in [-0.3, -0.25) is 0 Å². The summed E-state index contributed by atoms with van der Waals surface area (Å²) in [6.45, 7) is 2.13. The Morgan fingerprint density at radius 3 is 2.81 bits per heavy atom. The van der Waals surface area contributed by atoms with E-state index < -0.39 is 0 Å². The van der Waals surface area contributed by atoms with Crippen LogP contribution in [0.25, 0.3) is 10.9 Å². The Balaban J connectivity index is 1.83. The van der Waals surface area contributed by atoms with Crippen LogP contribution in [0.1, 0.15) is 12.8 Å². The van der Waals surface area contributed by atoms with Crippen molar-refractivity contribution in [2.45, 2.75) is 18.9 Å². The summed E-state index contributed by atoms with van der Waals surface area (Å²) in [6.07, 6.45) is 4.52.